The summed E-state index contributed by atoms with van der Waals surface area (Å²) in [7, 11) is 0. The minimum atomic E-state index is 0.110. The molecule has 1 unspecified atom stereocenters. The second kappa shape index (κ2) is 3.59. The summed E-state index contributed by atoms with van der Waals surface area (Å²) in [5.74, 6) is 0.426. The molecular formula is C11H16N2OS. The van der Waals surface area contributed by atoms with Gasteiger partial charge in [0.05, 0.1) is 10.7 Å². The maximum absolute atomic E-state index is 11.1. The lowest BCUT2D eigenvalue weighted by atomic mass is 9.98. The molecule has 82 valence electrons. The fourth-order valence-corrected chi connectivity index (χ4v) is 2.62. The van der Waals surface area contributed by atoms with Crippen LogP contribution in [-0.4, -0.2) is 17.4 Å². The standard InChI is InChI=1S/C11H16N2OS/c1-11(2,3)10-13-8(6-15-10)7-4-9(14)12-5-7/h6-7H,4-5H2,1-3H3,(H,12,14). The first-order chi connectivity index (χ1) is 6.97. The van der Waals surface area contributed by atoms with Crippen molar-refractivity contribution in [3.63, 3.8) is 0 Å². The highest BCUT2D eigenvalue weighted by Crippen LogP contribution is 2.30. The van der Waals surface area contributed by atoms with Gasteiger partial charge in [-0.05, 0) is 0 Å². The predicted molar refractivity (Wildman–Crippen MR) is 61.2 cm³/mol. The van der Waals surface area contributed by atoms with Gasteiger partial charge < -0.3 is 5.32 Å². The van der Waals surface area contributed by atoms with Gasteiger partial charge in [-0.15, -0.1) is 11.3 Å². The summed E-state index contributed by atoms with van der Waals surface area (Å²) >= 11 is 1.69. The number of nitrogens with one attached hydrogen (secondary N) is 1. The quantitative estimate of drug-likeness (QED) is 0.793. The Labute approximate surface area is 93.9 Å². The van der Waals surface area contributed by atoms with Gasteiger partial charge in [0.1, 0.15) is 0 Å². The molecule has 1 N–H and O–H groups in total. The molecule has 0 saturated carbocycles. The van der Waals surface area contributed by atoms with E-state index >= 15 is 0 Å². The van der Waals surface area contributed by atoms with Crippen LogP contribution in [0.15, 0.2) is 5.38 Å². The van der Waals surface area contributed by atoms with Crippen molar-refractivity contribution < 1.29 is 4.79 Å². The molecule has 0 spiro atoms. The van der Waals surface area contributed by atoms with Crippen LogP contribution in [0, 0.1) is 0 Å². The smallest absolute Gasteiger partial charge is 0.220 e. The number of carbonyl (C=O) groups excluding carboxylic acids is 1. The fraction of sp³-hybridized carbons (Fsp3) is 0.636. The van der Waals surface area contributed by atoms with Crippen molar-refractivity contribution in [2.45, 2.75) is 38.5 Å². The van der Waals surface area contributed by atoms with Gasteiger partial charge in [-0.1, -0.05) is 20.8 Å². The van der Waals surface area contributed by atoms with Crippen LogP contribution in [0.25, 0.3) is 0 Å². The summed E-state index contributed by atoms with van der Waals surface area (Å²) in [5, 5.41) is 6.08. The number of hydrogen-bond acceptors (Lipinski definition) is 3. The number of amides is 1. The van der Waals surface area contributed by atoms with Crippen molar-refractivity contribution in [2.75, 3.05) is 6.54 Å². The van der Waals surface area contributed by atoms with Crippen molar-refractivity contribution in [3.8, 4) is 0 Å². The number of thiazole rings is 1. The van der Waals surface area contributed by atoms with Crippen LogP contribution in [-0.2, 0) is 10.2 Å². The van der Waals surface area contributed by atoms with Gasteiger partial charge in [-0.2, -0.15) is 0 Å². The molecule has 1 amide bonds. The second-order valence-electron chi connectivity index (χ2n) is 5.03. The van der Waals surface area contributed by atoms with E-state index in [9.17, 15) is 4.79 Å². The third-order valence-electron chi connectivity index (χ3n) is 2.56. The van der Waals surface area contributed by atoms with E-state index in [1.54, 1.807) is 11.3 Å². The number of rotatable bonds is 1. The van der Waals surface area contributed by atoms with Crippen molar-refractivity contribution in [1.82, 2.24) is 10.3 Å². The molecule has 3 nitrogen and oxygen atoms in total. The van der Waals surface area contributed by atoms with E-state index in [0.717, 1.165) is 17.2 Å². The van der Waals surface area contributed by atoms with Gasteiger partial charge in [0.2, 0.25) is 5.91 Å². The molecule has 1 fully saturated rings. The molecule has 1 aliphatic rings. The van der Waals surface area contributed by atoms with E-state index in [1.807, 2.05) is 0 Å². The first-order valence-corrected chi connectivity index (χ1v) is 6.07. The Balaban J connectivity index is 2.17. The molecule has 0 bridgehead atoms. The first kappa shape index (κ1) is 10.6. The van der Waals surface area contributed by atoms with Crippen molar-refractivity contribution in [1.29, 1.82) is 0 Å². The van der Waals surface area contributed by atoms with E-state index in [-0.39, 0.29) is 17.2 Å². The third-order valence-corrected chi connectivity index (χ3v) is 3.85. The number of carbonyl (C=O) groups is 1. The Morgan fingerprint density at radius 1 is 1.53 bits per heavy atom. The van der Waals surface area contributed by atoms with E-state index < -0.39 is 0 Å². The van der Waals surface area contributed by atoms with Crippen LogP contribution in [0.3, 0.4) is 0 Å². The largest absolute Gasteiger partial charge is 0.355 e. The summed E-state index contributed by atoms with van der Waals surface area (Å²) in [6, 6.07) is 0. The molecule has 1 aliphatic heterocycles. The average molecular weight is 224 g/mol. The highest BCUT2D eigenvalue weighted by molar-refractivity contribution is 7.09. The molecule has 0 aromatic carbocycles. The highest BCUT2D eigenvalue weighted by atomic mass is 32.1. The lowest BCUT2D eigenvalue weighted by Gasteiger charge is -2.13. The minimum Gasteiger partial charge on any atom is -0.355 e. The van der Waals surface area contributed by atoms with Gasteiger partial charge >= 0.3 is 0 Å². The Bertz CT molecular complexity index is 378. The van der Waals surface area contributed by atoms with E-state index in [0.29, 0.717) is 6.42 Å². The Hall–Kier alpha value is -0.900. The van der Waals surface area contributed by atoms with Gasteiger partial charge in [-0.3, -0.25) is 4.79 Å². The van der Waals surface area contributed by atoms with E-state index in [4.69, 9.17) is 0 Å². The lowest BCUT2D eigenvalue weighted by Crippen LogP contribution is -2.14. The summed E-state index contributed by atoms with van der Waals surface area (Å²) in [6.45, 7) is 7.22. The zero-order valence-electron chi connectivity index (χ0n) is 9.33. The zero-order chi connectivity index (χ0) is 11.1. The molecule has 2 rings (SSSR count). The van der Waals surface area contributed by atoms with E-state index in [1.165, 1.54) is 0 Å². The molecule has 4 heteroatoms. The molecule has 15 heavy (non-hydrogen) atoms. The number of nitrogens with zero attached hydrogens (tertiary/aromatic N) is 1. The molecule has 1 aromatic heterocycles. The first-order valence-electron chi connectivity index (χ1n) is 5.19. The van der Waals surface area contributed by atoms with Crippen molar-refractivity contribution >= 4 is 17.2 Å². The third kappa shape index (κ3) is 2.20. The van der Waals surface area contributed by atoms with E-state index in [2.05, 4.69) is 36.5 Å². The lowest BCUT2D eigenvalue weighted by molar-refractivity contribution is -0.119. The van der Waals surface area contributed by atoms with Gasteiger partial charge in [0.25, 0.3) is 0 Å². The second-order valence-corrected chi connectivity index (χ2v) is 5.89. The topological polar surface area (TPSA) is 42.0 Å². The maximum Gasteiger partial charge on any atom is 0.220 e. The maximum atomic E-state index is 11.1. The van der Waals surface area contributed by atoms with Crippen molar-refractivity contribution in [3.05, 3.63) is 16.1 Å². The van der Waals surface area contributed by atoms with Crippen LogP contribution in [0.1, 0.15) is 43.8 Å². The van der Waals surface area contributed by atoms with Crippen LogP contribution in [0.5, 0.6) is 0 Å². The Morgan fingerprint density at radius 2 is 2.27 bits per heavy atom. The predicted octanol–water partition coefficient (Wildman–Crippen LogP) is 2.04. The summed E-state index contributed by atoms with van der Waals surface area (Å²) < 4.78 is 0. The van der Waals surface area contributed by atoms with Crippen LogP contribution in [0.4, 0.5) is 0 Å². The SMILES string of the molecule is CC(C)(C)c1nc(C2CNC(=O)C2)cs1. The number of aromatic nitrogens is 1. The van der Waals surface area contributed by atoms with Gasteiger partial charge in [0.15, 0.2) is 0 Å². The molecule has 0 radical (unpaired) electrons. The molecule has 0 aliphatic carbocycles. The zero-order valence-corrected chi connectivity index (χ0v) is 10.1. The average Bonchev–Trinajstić information content (AvgIpc) is 2.69. The molecular weight excluding hydrogens is 208 g/mol. The normalized spacial score (nSPS) is 21.8. The van der Waals surface area contributed by atoms with Gasteiger partial charge in [0, 0.05) is 29.7 Å². The molecule has 1 atom stereocenters. The monoisotopic (exact) mass is 224 g/mol. The van der Waals surface area contributed by atoms with Gasteiger partial charge in [-0.25, -0.2) is 4.98 Å². The summed E-state index contributed by atoms with van der Waals surface area (Å²) in [4.78, 5) is 15.7. The summed E-state index contributed by atoms with van der Waals surface area (Å²) in [6.07, 6.45) is 0.591. The van der Waals surface area contributed by atoms with Crippen LogP contribution in [0.2, 0.25) is 0 Å². The van der Waals surface area contributed by atoms with Crippen LogP contribution < -0.4 is 5.32 Å². The molecule has 2 heterocycles. The Morgan fingerprint density at radius 3 is 2.73 bits per heavy atom. The fourth-order valence-electron chi connectivity index (χ4n) is 1.63. The molecule has 1 aromatic rings. The number of hydrogen-bond donors (Lipinski definition) is 1. The Kier molecular flexibility index (Phi) is 2.54. The minimum absolute atomic E-state index is 0.110. The highest BCUT2D eigenvalue weighted by Gasteiger charge is 2.26. The molecule has 1 saturated heterocycles. The summed E-state index contributed by atoms with van der Waals surface area (Å²) in [5.41, 5.74) is 1.18. The van der Waals surface area contributed by atoms with Crippen LogP contribution >= 0.6 is 11.3 Å². The van der Waals surface area contributed by atoms with Crippen molar-refractivity contribution in [2.24, 2.45) is 0 Å².